The van der Waals surface area contributed by atoms with Gasteiger partial charge in [0, 0.05) is 47.6 Å². The van der Waals surface area contributed by atoms with Crippen molar-refractivity contribution in [3.63, 3.8) is 0 Å². The second-order valence-electron chi connectivity index (χ2n) is 8.69. The number of likely N-dealkylation sites (N-methyl/N-ethyl adjacent to an activating group) is 1. The van der Waals surface area contributed by atoms with Crippen LogP contribution in [0.15, 0.2) is 35.4 Å². The zero-order valence-electron chi connectivity index (χ0n) is 21.2. The van der Waals surface area contributed by atoms with Crippen LogP contribution in [0.1, 0.15) is 12.6 Å². The Hall–Kier alpha value is -3.07. The van der Waals surface area contributed by atoms with Crippen LogP contribution in [0.3, 0.4) is 0 Å². The van der Waals surface area contributed by atoms with E-state index in [1.54, 1.807) is 22.9 Å². The third-order valence-electron chi connectivity index (χ3n) is 6.28. The lowest BCUT2D eigenvalue weighted by Crippen LogP contribution is -2.22. The van der Waals surface area contributed by atoms with E-state index in [4.69, 9.17) is 37.7 Å². The molecule has 0 bridgehead atoms. The molecule has 4 rings (SSSR count). The van der Waals surface area contributed by atoms with Crippen molar-refractivity contribution in [2.45, 2.75) is 26.9 Å². The fourth-order valence-corrected chi connectivity index (χ4v) is 4.96. The molecule has 0 saturated heterocycles. The standard InChI is InChI=1S/C26H29Cl2N5O3/c1-7-32-20-11-19(18-14-30-33(15(18)2)9-8-31(3)4)29-13-16(20)10-17(26(32)34)23-24(27)21(35-5)12-22(36-6)25(23)28/h10-14H,7-9H2,1-6H3. The van der Waals surface area contributed by atoms with Crippen molar-refractivity contribution >= 4 is 34.1 Å². The van der Waals surface area contributed by atoms with E-state index in [1.165, 1.54) is 14.2 Å². The van der Waals surface area contributed by atoms with Crippen LogP contribution in [0.4, 0.5) is 0 Å². The first-order chi connectivity index (χ1) is 17.2. The van der Waals surface area contributed by atoms with Crippen molar-refractivity contribution in [3.8, 4) is 33.9 Å². The molecule has 0 atom stereocenters. The molecule has 0 aliphatic carbocycles. The molecular weight excluding hydrogens is 501 g/mol. The van der Waals surface area contributed by atoms with E-state index in [0.29, 0.717) is 29.2 Å². The van der Waals surface area contributed by atoms with Crippen LogP contribution in [0, 0.1) is 6.92 Å². The Balaban J connectivity index is 1.90. The molecule has 0 radical (unpaired) electrons. The van der Waals surface area contributed by atoms with Gasteiger partial charge in [0.05, 0.1) is 53.8 Å². The highest BCUT2D eigenvalue weighted by Crippen LogP contribution is 2.45. The largest absolute Gasteiger partial charge is 0.495 e. The lowest BCUT2D eigenvalue weighted by Gasteiger charge is -2.17. The molecule has 0 N–H and O–H groups in total. The van der Waals surface area contributed by atoms with Crippen LogP contribution < -0.4 is 15.0 Å². The second-order valence-corrected chi connectivity index (χ2v) is 9.45. The number of aromatic nitrogens is 4. The first kappa shape index (κ1) is 26.0. The highest BCUT2D eigenvalue weighted by Gasteiger charge is 2.23. The van der Waals surface area contributed by atoms with Crippen molar-refractivity contribution in [1.29, 1.82) is 0 Å². The predicted octanol–water partition coefficient (Wildman–Crippen LogP) is 5.14. The summed E-state index contributed by atoms with van der Waals surface area (Å²) in [6.07, 6.45) is 3.58. The number of halogens is 2. The van der Waals surface area contributed by atoms with E-state index in [-0.39, 0.29) is 15.6 Å². The molecule has 0 unspecified atom stereocenters. The van der Waals surface area contributed by atoms with Crippen molar-refractivity contribution < 1.29 is 9.47 Å². The Morgan fingerprint density at radius 1 is 1.00 bits per heavy atom. The maximum absolute atomic E-state index is 13.7. The van der Waals surface area contributed by atoms with Gasteiger partial charge in [-0.15, -0.1) is 0 Å². The van der Waals surface area contributed by atoms with Gasteiger partial charge in [-0.1, -0.05) is 23.2 Å². The van der Waals surface area contributed by atoms with Crippen molar-refractivity contribution in [2.24, 2.45) is 0 Å². The zero-order chi connectivity index (χ0) is 26.1. The summed E-state index contributed by atoms with van der Waals surface area (Å²) in [4.78, 5) is 20.5. The number of pyridine rings is 2. The van der Waals surface area contributed by atoms with Crippen LogP contribution in [0.5, 0.6) is 11.5 Å². The summed E-state index contributed by atoms with van der Waals surface area (Å²) in [5.41, 5.74) is 3.96. The van der Waals surface area contributed by atoms with E-state index in [9.17, 15) is 4.79 Å². The maximum atomic E-state index is 13.7. The average molecular weight is 530 g/mol. The molecule has 4 aromatic rings. The third-order valence-corrected chi connectivity index (χ3v) is 7.03. The molecule has 0 saturated carbocycles. The number of methoxy groups -OCH3 is 2. The van der Waals surface area contributed by atoms with Gasteiger partial charge < -0.3 is 18.9 Å². The monoisotopic (exact) mass is 529 g/mol. The van der Waals surface area contributed by atoms with Crippen molar-refractivity contribution in [1.82, 2.24) is 24.2 Å². The molecule has 190 valence electrons. The summed E-state index contributed by atoms with van der Waals surface area (Å²) in [7, 11) is 7.06. The molecule has 0 fully saturated rings. The van der Waals surface area contributed by atoms with Gasteiger partial charge in [-0.3, -0.25) is 14.5 Å². The van der Waals surface area contributed by atoms with Crippen LogP contribution in [-0.4, -0.2) is 59.1 Å². The Kier molecular flexibility index (Phi) is 7.59. The first-order valence-electron chi connectivity index (χ1n) is 11.5. The van der Waals surface area contributed by atoms with Gasteiger partial charge in [-0.25, -0.2) is 0 Å². The fourth-order valence-electron chi connectivity index (χ4n) is 4.25. The molecule has 36 heavy (non-hydrogen) atoms. The highest BCUT2D eigenvalue weighted by molar-refractivity contribution is 6.41. The number of rotatable bonds is 8. The molecular formula is C26H29Cl2N5O3. The summed E-state index contributed by atoms with van der Waals surface area (Å²) in [5.74, 6) is 0.733. The molecule has 8 nitrogen and oxygen atoms in total. The molecule has 0 aliphatic heterocycles. The normalized spacial score (nSPS) is 11.5. The number of aryl methyl sites for hydroxylation is 1. The molecule has 0 aliphatic rings. The van der Waals surface area contributed by atoms with Crippen molar-refractivity contribution in [2.75, 3.05) is 34.9 Å². The maximum Gasteiger partial charge on any atom is 0.259 e. The summed E-state index contributed by atoms with van der Waals surface area (Å²) in [5, 5.41) is 5.80. The van der Waals surface area contributed by atoms with Gasteiger partial charge in [0.2, 0.25) is 0 Å². The van der Waals surface area contributed by atoms with Crippen LogP contribution >= 0.6 is 23.2 Å². The molecule has 10 heteroatoms. The fraction of sp³-hybridized carbons (Fsp3) is 0.346. The lowest BCUT2D eigenvalue weighted by molar-refractivity contribution is 0.371. The Labute approximate surface area is 220 Å². The third kappa shape index (κ3) is 4.56. The SMILES string of the molecule is CCn1c(=O)c(-c2c(Cl)c(OC)cc(OC)c2Cl)cc2cnc(-c3cnn(CCN(C)C)c3C)cc21. The predicted molar refractivity (Wildman–Crippen MR) is 145 cm³/mol. The summed E-state index contributed by atoms with van der Waals surface area (Å²) in [6, 6.07) is 5.29. The van der Waals surface area contributed by atoms with Gasteiger partial charge in [0.1, 0.15) is 11.5 Å². The van der Waals surface area contributed by atoms with Crippen LogP contribution in [0.2, 0.25) is 10.0 Å². The number of fused-ring (bicyclic) bond motifs is 1. The van der Waals surface area contributed by atoms with E-state index < -0.39 is 0 Å². The van der Waals surface area contributed by atoms with Crippen LogP contribution in [-0.2, 0) is 13.1 Å². The first-order valence-corrected chi connectivity index (χ1v) is 12.3. The van der Waals surface area contributed by atoms with E-state index in [0.717, 1.165) is 40.9 Å². The Bertz CT molecular complexity index is 1470. The van der Waals surface area contributed by atoms with Gasteiger partial charge in [-0.05, 0) is 40.1 Å². The molecule has 0 spiro atoms. The topological polar surface area (TPSA) is 74.4 Å². The molecule has 0 amide bonds. The average Bonchev–Trinajstić information content (AvgIpc) is 3.23. The highest BCUT2D eigenvalue weighted by atomic mass is 35.5. The van der Waals surface area contributed by atoms with Gasteiger partial charge in [0.15, 0.2) is 0 Å². The number of ether oxygens (including phenoxy) is 2. The number of hydrogen-bond donors (Lipinski definition) is 0. The number of nitrogens with zero attached hydrogens (tertiary/aromatic N) is 5. The van der Waals surface area contributed by atoms with E-state index in [2.05, 4.69) is 10.00 Å². The van der Waals surface area contributed by atoms with E-state index in [1.807, 2.05) is 44.9 Å². The summed E-state index contributed by atoms with van der Waals surface area (Å²) < 4.78 is 14.5. The Morgan fingerprint density at radius 3 is 2.25 bits per heavy atom. The molecule has 3 heterocycles. The summed E-state index contributed by atoms with van der Waals surface area (Å²) >= 11 is 13.3. The second kappa shape index (κ2) is 10.5. The number of benzene rings is 1. The molecule has 3 aromatic heterocycles. The number of hydrogen-bond acceptors (Lipinski definition) is 6. The van der Waals surface area contributed by atoms with Crippen LogP contribution in [0.25, 0.3) is 33.3 Å². The van der Waals surface area contributed by atoms with Crippen molar-refractivity contribution in [3.05, 3.63) is 56.7 Å². The lowest BCUT2D eigenvalue weighted by atomic mass is 10.0. The zero-order valence-corrected chi connectivity index (χ0v) is 22.7. The minimum atomic E-state index is -0.223. The quantitative estimate of drug-likeness (QED) is 0.314. The van der Waals surface area contributed by atoms with Gasteiger partial charge >= 0.3 is 0 Å². The minimum absolute atomic E-state index is 0.223. The van der Waals surface area contributed by atoms with E-state index >= 15 is 0 Å². The van der Waals surface area contributed by atoms with Gasteiger partial charge in [0.25, 0.3) is 5.56 Å². The molecule has 1 aromatic carbocycles. The minimum Gasteiger partial charge on any atom is -0.495 e. The Morgan fingerprint density at radius 2 is 1.67 bits per heavy atom. The van der Waals surface area contributed by atoms with Gasteiger partial charge in [-0.2, -0.15) is 5.10 Å². The smallest absolute Gasteiger partial charge is 0.259 e. The summed E-state index contributed by atoms with van der Waals surface area (Å²) in [6.45, 7) is 6.06.